The summed E-state index contributed by atoms with van der Waals surface area (Å²) in [4.78, 5) is 2.64. The van der Waals surface area contributed by atoms with Crippen LogP contribution in [0.2, 0.25) is 0 Å². The first-order valence-corrected chi connectivity index (χ1v) is 8.20. The van der Waals surface area contributed by atoms with Gasteiger partial charge in [0.05, 0.1) is 0 Å². The number of nitrogens with one attached hydrogen (secondary N) is 1. The normalized spacial score (nSPS) is 29.5. The third kappa shape index (κ3) is 2.71. The number of nitrogens with zero attached hydrogens (tertiary/aromatic N) is 1. The predicted molar refractivity (Wildman–Crippen MR) is 86.4 cm³/mol. The van der Waals surface area contributed by atoms with Crippen LogP contribution in [0.1, 0.15) is 38.2 Å². The van der Waals surface area contributed by atoms with Gasteiger partial charge in [-0.1, -0.05) is 38.0 Å². The Kier molecular flexibility index (Phi) is 4.02. The minimum Gasteiger partial charge on any atom is -0.370 e. The molecule has 1 fully saturated rings. The van der Waals surface area contributed by atoms with E-state index in [2.05, 4.69) is 48.5 Å². The molecule has 1 aliphatic carbocycles. The van der Waals surface area contributed by atoms with Crippen LogP contribution in [-0.4, -0.2) is 26.7 Å². The van der Waals surface area contributed by atoms with Crippen LogP contribution in [0.3, 0.4) is 0 Å². The molecule has 0 aromatic heterocycles. The molecule has 1 aromatic rings. The topological polar surface area (TPSA) is 15.3 Å². The Hall–Kier alpha value is -1.02. The van der Waals surface area contributed by atoms with E-state index in [9.17, 15) is 0 Å². The summed E-state index contributed by atoms with van der Waals surface area (Å²) in [6.45, 7) is 6.03. The van der Waals surface area contributed by atoms with Crippen LogP contribution in [-0.2, 0) is 6.42 Å². The molecule has 1 aromatic carbocycles. The molecule has 2 heteroatoms. The van der Waals surface area contributed by atoms with Gasteiger partial charge in [-0.05, 0) is 43.9 Å². The minimum atomic E-state index is 0.476. The largest absolute Gasteiger partial charge is 0.370 e. The van der Waals surface area contributed by atoms with Crippen LogP contribution in [0.5, 0.6) is 0 Å². The van der Waals surface area contributed by atoms with Crippen molar-refractivity contribution in [2.24, 2.45) is 11.3 Å². The van der Waals surface area contributed by atoms with Crippen LogP contribution >= 0.6 is 0 Å². The van der Waals surface area contributed by atoms with Gasteiger partial charge in [-0.15, -0.1) is 0 Å². The lowest BCUT2D eigenvalue weighted by molar-refractivity contribution is 0.151. The zero-order chi connectivity index (χ0) is 14.0. The van der Waals surface area contributed by atoms with E-state index in [0.29, 0.717) is 5.41 Å². The molecule has 0 saturated heterocycles. The third-order valence-electron chi connectivity index (χ3n) is 5.25. The summed E-state index contributed by atoms with van der Waals surface area (Å²) in [5, 5.41) is 3.47. The lowest BCUT2D eigenvalue weighted by atomic mass is 9.69. The second-order valence-corrected chi connectivity index (χ2v) is 7.03. The molecular weight excluding hydrogens is 244 g/mol. The molecule has 0 bridgehead atoms. The number of benzene rings is 1. The first-order valence-electron chi connectivity index (χ1n) is 8.20. The van der Waals surface area contributed by atoms with E-state index >= 15 is 0 Å². The first kappa shape index (κ1) is 13.9. The van der Waals surface area contributed by atoms with Crippen molar-refractivity contribution in [1.29, 1.82) is 0 Å². The molecule has 1 heterocycles. The van der Waals surface area contributed by atoms with Gasteiger partial charge in [-0.3, -0.25) is 0 Å². The van der Waals surface area contributed by atoms with Crippen LogP contribution < -0.4 is 10.2 Å². The molecule has 1 saturated carbocycles. The molecule has 0 radical (unpaired) electrons. The molecule has 3 rings (SSSR count). The maximum Gasteiger partial charge on any atom is 0.0399 e. The fourth-order valence-electron chi connectivity index (χ4n) is 4.48. The molecule has 110 valence electrons. The van der Waals surface area contributed by atoms with Crippen LogP contribution in [0, 0.1) is 11.3 Å². The average Bonchev–Trinajstić information content (AvgIpc) is 2.82. The predicted octanol–water partition coefficient (Wildman–Crippen LogP) is 3.47. The number of hydrogen-bond donors (Lipinski definition) is 1. The van der Waals surface area contributed by atoms with E-state index in [0.717, 1.165) is 12.5 Å². The molecule has 2 atom stereocenters. The van der Waals surface area contributed by atoms with Gasteiger partial charge in [0.25, 0.3) is 0 Å². The Morgan fingerprint density at radius 1 is 1.35 bits per heavy atom. The zero-order valence-electron chi connectivity index (χ0n) is 13.0. The lowest BCUT2D eigenvalue weighted by Gasteiger charge is -2.43. The van der Waals surface area contributed by atoms with E-state index in [1.54, 1.807) is 0 Å². The summed E-state index contributed by atoms with van der Waals surface area (Å²) in [7, 11) is 2.11. The van der Waals surface area contributed by atoms with Gasteiger partial charge in [0.2, 0.25) is 0 Å². The summed E-state index contributed by atoms with van der Waals surface area (Å²) < 4.78 is 0. The molecule has 2 aliphatic rings. The van der Waals surface area contributed by atoms with Crippen molar-refractivity contribution in [2.75, 3.05) is 31.6 Å². The zero-order valence-corrected chi connectivity index (χ0v) is 13.0. The second-order valence-electron chi connectivity index (χ2n) is 7.03. The van der Waals surface area contributed by atoms with E-state index in [4.69, 9.17) is 0 Å². The Labute approximate surface area is 123 Å². The van der Waals surface area contributed by atoms with Gasteiger partial charge >= 0.3 is 0 Å². The van der Waals surface area contributed by atoms with Crippen molar-refractivity contribution in [2.45, 2.75) is 39.0 Å². The summed E-state index contributed by atoms with van der Waals surface area (Å²) in [5.41, 5.74) is 3.50. The highest BCUT2D eigenvalue weighted by Gasteiger charge is 2.37. The average molecular weight is 272 g/mol. The van der Waals surface area contributed by atoms with Crippen LogP contribution in [0.15, 0.2) is 24.3 Å². The van der Waals surface area contributed by atoms with Gasteiger partial charge in [-0.25, -0.2) is 0 Å². The van der Waals surface area contributed by atoms with Crippen LogP contribution in [0.4, 0.5) is 5.69 Å². The number of hydrogen-bond acceptors (Lipinski definition) is 2. The smallest absolute Gasteiger partial charge is 0.0399 e. The quantitative estimate of drug-likeness (QED) is 0.903. The Bertz CT molecular complexity index is 452. The summed E-state index contributed by atoms with van der Waals surface area (Å²) in [5.74, 6) is 0.884. The number of para-hydroxylation sites is 1. The second kappa shape index (κ2) is 5.77. The highest BCUT2D eigenvalue weighted by Crippen LogP contribution is 2.41. The van der Waals surface area contributed by atoms with Crippen molar-refractivity contribution in [3.63, 3.8) is 0 Å². The molecule has 0 amide bonds. The Balaban J connectivity index is 1.77. The van der Waals surface area contributed by atoms with Crippen molar-refractivity contribution >= 4 is 5.69 Å². The van der Waals surface area contributed by atoms with Crippen LogP contribution in [0.25, 0.3) is 0 Å². The molecule has 20 heavy (non-hydrogen) atoms. The maximum absolute atomic E-state index is 3.47. The van der Waals surface area contributed by atoms with E-state index < -0.39 is 0 Å². The molecule has 0 spiro atoms. The van der Waals surface area contributed by atoms with E-state index in [1.165, 1.54) is 56.4 Å². The van der Waals surface area contributed by atoms with Gasteiger partial charge in [-0.2, -0.15) is 0 Å². The number of rotatable bonds is 4. The van der Waals surface area contributed by atoms with Crippen molar-refractivity contribution in [1.82, 2.24) is 5.32 Å². The highest BCUT2D eigenvalue weighted by atomic mass is 15.2. The van der Waals surface area contributed by atoms with Crippen molar-refractivity contribution in [3.05, 3.63) is 29.8 Å². The number of fused-ring (bicyclic) bond motifs is 1. The number of anilines is 1. The summed E-state index contributed by atoms with van der Waals surface area (Å²) in [6, 6.07) is 8.96. The fraction of sp³-hybridized carbons (Fsp3) is 0.667. The third-order valence-corrected chi connectivity index (χ3v) is 5.25. The maximum atomic E-state index is 3.47. The monoisotopic (exact) mass is 272 g/mol. The van der Waals surface area contributed by atoms with E-state index in [1.807, 2.05) is 0 Å². The minimum absolute atomic E-state index is 0.476. The molecule has 1 N–H and O–H groups in total. The lowest BCUT2D eigenvalue weighted by Crippen LogP contribution is -2.45. The Morgan fingerprint density at radius 2 is 2.20 bits per heavy atom. The SMILES string of the molecule is CNCC1(CN2CCc3ccccc32)CCCC(C)C1. The Morgan fingerprint density at radius 3 is 3.00 bits per heavy atom. The standard InChI is InChI=1S/C18H28N2/c1-15-6-5-10-18(12-15,13-19-2)14-20-11-9-16-7-3-4-8-17(16)20/h3-4,7-8,15,19H,5-6,9-14H2,1-2H3. The van der Waals surface area contributed by atoms with Crippen molar-refractivity contribution < 1.29 is 0 Å². The van der Waals surface area contributed by atoms with Gasteiger partial charge in [0.15, 0.2) is 0 Å². The molecule has 2 unspecified atom stereocenters. The summed E-state index contributed by atoms with van der Waals surface area (Å²) >= 11 is 0. The van der Waals surface area contributed by atoms with Gasteiger partial charge in [0, 0.05) is 30.7 Å². The fourth-order valence-corrected chi connectivity index (χ4v) is 4.48. The van der Waals surface area contributed by atoms with Crippen molar-refractivity contribution in [3.8, 4) is 0 Å². The van der Waals surface area contributed by atoms with Gasteiger partial charge < -0.3 is 10.2 Å². The first-order chi connectivity index (χ1) is 9.72. The molecule has 2 nitrogen and oxygen atoms in total. The highest BCUT2D eigenvalue weighted by molar-refractivity contribution is 5.58. The van der Waals surface area contributed by atoms with E-state index in [-0.39, 0.29) is 0 Å². The molecular formula is C18H28N2. The van der Waals surface area contributed by atoms with Gasteiger partial charge in [0.1, 0.15) is 0 Å². The summed E-state index contributed by atoms with van der Waals surface area (Å²) in [6.07, 6.45) is 6.81. The molecule has 1 aliphatic heterocycles.